The number of likely N-dealkylation sites (tertiary alicyclic amines) is 1. The van der Waals surface area contributed by atoms with Crippen LogP contribution in [0.25, 0.3) is 0 Å². The minimum atomic E-state index is -0.893. The van der Waals surface area contributed by atoms with Crippen LogP contribution in [0.3, 0.4) is 0 Å². The number of nitrogens with one attached hydrogen (secondary N) is 1. The molecule has 2 heterocycles. The Bertz CT molecular complexity index is 650. The molecule has 0 aliphatic carbocycles. The maximum Gasteiger partial charge on any atom is 0.253 e. The van der Waals surface area contributed by atoms with E-state index in [9.17, 15) is 14.3 Å². The molecule has 0 radical (unpaired) electrons. The van der Waals surface area contributed by atoms with Crippen molar-refractivity contribution in [3.8, 4) is 0 Å². The van der Waals surface area contributed by atoms with Gasteiger partial charge in [-0.05, 0) is 51.4 Å². The molecule has 1 amide bonds. The van der Waals surface area contributed by atoms with Crippen LogP contribution < -0.4 is 5.32 Å². The standard InChI is InChI=1S/C19H27FN2O3/c1-12-4-5-13(8-15(12)20)18(23)22-7-6-16-14(10-22)9-19(2,24)17(21-3)11-25-16/h4-5,8,14,16-17,21,24H,6-7,9-11H2,1-3H3/t14-,16+,17+,19+/m0/s1. The number of carbonyl (C=O) groups is 1. The third-order valence-corrected chi connectivity index (χ3v) is 5.62. The van der Waals surface area contributed by atoms with Gasteiger partial charge >= 0.3 is 0 Å². The predicted molar refractivity (Wildman–Crippen MR) is 93.0 cm³/mol. The number of fused-ring (bicyclic) bond motifs is 1. The molecule has 1 aromatic rings. The normalized spacial score (nSPS) is 32.8. The summed E-state index contributed by atoms with van der Waals surface area (Å²) in [5.41, 5.74) is 0.00783. The highest BCUT2D eigenvalue weighted by molar-refractivity contribution is 5.94. The highest BCUT2D eigenvalue weighted by atomic mass is 19.1. The Hall–Kier alpha value is -1.50. The van der Waals surface area contributed by atoms with Crippen molar-refractivity contribution in [3.63, 3.8) is 0 Å². The summed E-state index contributed by atoms with van der Waals surface area (Å²) in [6.45, 7) is 5.06. The lowest BCUT2D eigenvalue weighted by atomic mass is 9.82. The first-order valence-electron chi connectivity index (χ1n) is 8.88. The molecule has 138 valence electrons. The van der Waals surface area contributed by atoms with E-state index in [4.69, 9.17) is 4.74 Å². The summed E-state index contributed by atoms with van der Waals surface area (Å²) < 4.78 is 19.8. The topological polar surface area (TPSA) is 61.8 Å². The van der Waals surface area contributed by atoms with Crippen LogP contribution in [0.4, 0.5) is 4.39 Å². The van der Waals surface area contributed by atoms with Gasteiger partial charge < -0.3 is 20.1 Å². The van der Waals surface area contributed by atoms with Crippen LogP contribution in [0.15, 0.2) is 18.2 Å². The maximum atomic E-state index is 13.8. The van der Waals surface area contributed by atoms with Gasteiger partial charge in [-0.1, -0.05) is 6.07 Å². The molecule has 0 bridgehead atoms. The van der Waals surface area contributed by atoms with Gasteiger partial charge in [0, 0.05) is 24.6 Å². The van der Waals surface area contributed by atoms with Gasteiger partial charge in [-0.2, -0.15) is 0 Å². The van der Waals surface area contributed by atoms with E-state index in [-0.39, 0.29) is 29.8 Å². The molecule has 0 saturated carbocycles. The summed E-state index contributed by atoms with van der Waals surface area (Å²) in [7, 11) is 1.82. The molecule has 4 atom stereocenters. The van der Waals surface area contributed by atoms with Crippen LogP contribution in [-0.2, 0) is 4.74 Å². The molecule has 5 nitrogen and oxygen atoms in total. The van der Waals surface area contributed by atoms with Gasteiger partial charge in [0.05, 0.1) is 24.4 Å². The largest absolute Gasteiger partial charge is 0.388 e. The molecule has 0 unspecified atom stereocenters. The number of piperidine rings is 1. The van der Waals surface area contributed by atoms with E-state index >= 15 is 0 Å². The van der Waals surface area contributed by atoms with E-state index in [0.29, 0.717) is 37.2 Å². The molecule has 1 aromatic carbocycles. The summed E-state index contributed by atoms with van der Waals surface area (Å²) in [6.07, 6.45) is 1.34. The van der Waals surface area contributed by atoms with Gasteiger partial charge in [-0.25, -0.2) is 4.39 Å². The van der Waals surface area contributed by atoms with Crippen molar-refractivity contribution in [2.45, 2.75) is 44.4 Å². The number of carbonyl (C=O) groups excluding carboxylic acids is 1. The monoisotopic (exact) mass is 350 g/mol. The minimum absolute atomic E-state index is 0.0450. The molecule has 2 N–H and O–H groups in total. The molecule has 3 rings (SSSR count). The zero-order valence-corrected chi connectivity index (χ0v) is 15.1. The highest BCUT2D eigenvalue weighted by Gasteiger charge is 2.43. The van der Waals surface area contributed by atoms with Crippen LogP contribution in [0, 0.1) is 18.7 Å². The second kappa shape index (κ2) is 7.02. The number of aliphatic hydroxyl groups is 1. The Labute approximate surface area is 148 Å². The first-order chi connectivity index (χ1) is 11.8. The molecular weight excluding hydrogens is 323 g/mol. The van der Waals surface area contributed by atoms with Crippen LogP contribution in [-0.4, -0.2) is 60.4 Å². The Morgan fingerprint density at radius 2 is 2.24 bits per heavy atom. The summed E-state index contributed by atoms with van der Waals surface area (Å²) in [4.78, 5) is 14.5. The number of benzene rings is 1. The van der Waals surface area contributed by atoms with E-state index in [1.807, 2.05) is 14.0 Å². The lowest BCUT2D eigenvalue weighted by Crippen LogP contribution is -2.51. The number of nitrogens with zero attached hydrogens (tertiary/aromatic N) is 1. The van der Waals surface area contributed by atoms with Crippen molar-refractivity contribution in [1.29, 1.82) is 0 Å². The molecule has 2 fully saturated rings. The number of ether oxygens (including phenoxy) is 1. The number of hydrogen-bond donors (Lipinski definition) is 2. The third kappa shape index (κ3) is 3.71. The number of halogens is 1. The van der Waals surface area contributed by atoms with Crippen LogP contribution in [0.2, 0.25) is 0 Å². The fraction of sp³-hybridized carbons (Fsp3) is 0.632. The van der Waals surface area contributed by atoms with Crippen molar-refractivity contribution in [2.75, 3.05) is 26.7 Å². The Morgan fingerprint density at radius 3 is 2.92 bits per heavy atom. The molecule has 0 aromatic heterocycles. The van der Waals surface area contributed by atoms with Gasteiger partial charge in [-0.15, -0.1) is 0 Å². The molecular formula is C19H27FN2O3. The lowest BCUT2D eigenvalue weighted by molar-refractivity contribution is -0.0217. The van der Waals surface area contributed by atoms with E-state index in [1.165, 1.54) is 6.07 Å². The smallest absolute Gasteiger partial charge is 0.253 e. The van der Waals surface area contributed by atoms with Crippen molar-refractivity contribution < 1.29 is 19.0 Å². The number of aryl methyl sites for hydroxylation is 1. The second-order valence-electron chi connectivity index (χ2n) is 7.54. The first-order valence-corrected chi connectivity index (χ1v) is 8.88. The third-order valence-electron chi connectivity index (χ3n) is 5.62. The van der Waals surface area contributed by atoms with Gasteiger partial charge in [0.15, 0.2) is 0 Å². The van der Waals surface area contributed by atoms with Gasteiger partial charge in [0.25, 0.3) is 5.91 Å². The van der Waals surface area contributed by atoms with Crippen LogP contribution >= 0.6 is 0 Å². The summed E-state index contributed by atoms with van der Waals surface area (Å²) in [6, 6.07) is 4.48. The number of rotatable bonds is 2. The Kier molecular flexibility index (Phi) is 5.14. The quantitative estimate of drug-likeness (QED) is 0.853. The second-order valence-corrected chi connectivity index (χ2v) is 7.54. The zero-order chi connectivity index (χ0) is 18.2. The summed E-state index contributed by atoms with van der Waals surface area (Å²) >= 11 is 0. The molecule has 25 heavy (non-hydrogen) atoms. The lowest BCUT2D eigenvalue weighted by Gasteiger charge is -2.39. The molecule has 2 aliphatic rings. The zero-order valence-electron chi connectivity index (χ0n) is 15.1. The molecule has 6 heteroatoms. The fourth-order valence-electron chi connectivity index (χ4n) is 3.99. The SMILES string of the molecule is CN[C@@H]1CO[C@@H]2CCN(C(=O)c3ccc(C)c(F)c3)C[C@@H]2C[C@@]1(C)O. The number of hydrogen-bond acceptors (Lipinski definition) is 4. The Morgan fingerprint density at radius 1 is 1.48 bits per heavy atom. The fourth-order valence-corrected chi connectivity index (χ4v) is 3.99. The van der Waals surface area contributed by atoms with E-state index in [1.54, 1.807) is 24.0 Å². The van der Waals surface area contributed by atoms with Gasteiger partial charge in [0.2, 0.25) is 0 Å². The van der Waals surface area contributed by atoms with Crippen molar-refractivity contribution >= 4 is 5.91 Å². The van der Waals surface area contributed by atoms with Gasteiger partial charge in [-0.3, -0.25) is 4.79 Å². The van der Waals surface area contributed by atoms with Crippen LogP contribution in [0.5, 0.6) is 0 Å². The first kappa shape index (κ1) is 18.3. The van der Waals surface area contributed by atoms with Crippen molar-refractivity contribution in [1.82, 2.24) is 10.2 Å². The van der Waals surface area contributed by atoms with Crippen LogP contribution in [0.1, 0.15) is 35.7 Å². The molecule has 2 saturated heterocycles. The molecule has 2 aliphatic heterocycles. The van der Waals surface area contributed by atoms with Gasteiger partial charge in [0.1, 0.15) is 5.82 Å². The highest BCUT2D eigenvalue weighted by Crippen LogP contribution is 2.33. The maximum absolute atomic E-state index is 13.8. The average Bonchev–Trinajstić information content (AvgIpc) is 2.70. The summed E-state index contributed by atoms with van der Waals surface area (Å²) in [5.74, 6) is -0.453. The minimum Gasteiger partial charge on any atom is -0.388 e. The van der Waals surface area contributed by atoms with E-state index in [0.717, 1.165) is 6.42 Å². The number of likely N-dealkylation sites (N-methyl/N-ethyl adjacent to an activating group) is 1. The Balaban J connectivity index is 1.74. The predicted octanol–water partition coefficient (Wildman–Crippen LogP) is 1.72. The van der Waals surface area contributed by atoms with Crippen molar-refractivity contribution in [2.24, 2.45) is 5.92 Å². The summed E-state index contributed by atoms with van der Waals surface area (Å²) in [5, 5.41) is 13.9. The van der Waals surface area contributed by atoms with E-state index < -0.39 is 5.60 Å². The van der Waals surface area contributed by atoms with Crippen molar-refractivity contribution in [3.05, 3.63) is 35.1 Å². The molecule has 0 spiro atoms. The number of amides is 1. The average molecular weight is 350 g/mol. The van der Waals surface area contributed by atoms with E-state index in [2.05, 4.69) is 5.32 Å².